The second-order valence-corrected chi connectivity index (χ2v) is 10.2. The Kier molecular flexibility index (Phi) is 7.63. The number of aromatic nitrogens is 2. The fourth-order valence-electron chi connectivity index (χ4n) is 4.79. The molecule has 5 rings (SSSR count). The van der Waals surface area contributed by atoms with Crippen LogP contribution in [0, 0.1) is 0 Å². The van der Waals surface area contributed by atoms with Crippen LogP contribution >= 0.6 is 0 Å². The van der Waals surface area contributed by atoms with E-state index >= 15 is 0 Å². The second kappa shape index (κ2) is 11.3. The van der Waals surface area contributed by atoms with Crippen LogP contribution in [-0.2, 0) is 4.79 Å². The molecule has 1 aliphatic rings. The Morgan fingerprint density at radius 2 is 1.87 bits per heavy atom. The van der Waals surface area contributed by atoms with Gasteiger partial charge in [0, 0.05) is 37.3 Å². The quantitative estimate of drug-likeness (QED) is 0.257. The van der Waals surface area contributed by atoms with Crippen LogP contribution in [0.4, 0.5) is 17.2 Å². The van der Waals surface area contributed by atoms with Crippen molar-refractivity contribution in [2.45, 2.75) is 25.0 Å². The summed E-state index contributed by atoms with van der Waals surface area (Å²) in [6.45, 7) is 5.27. The molecule has 2 aromatic heterocycles. The van der Waals surface area contributed by atoms with Crippen molar-refractivity contribution in [2.24, 2.45) is 0 Å². The van der Waals surface area contributed by atoms with E-state index in [-0.39, 0.29) is 18.1 Å². The molecule has 0 unspecified atom stereocenters. The van der Waals surface area contributed by atoms with Gasteiger partial charge >= 0.3 is 0 Å². The molecule has 2 aromatic carbocycles. The molecule has 0 bridgehead atoms. The maximum absolute atomic E-state index is 12.4. The number of amides is 1. The molecule has 2 heterocycles. The van der Waals surface area contributed by atoms with Gasteiger partial charge in [-0.25, -0.2) is 9.97 Å². The molecule has 9 nitrogen and oxygen atoms in total. The highest BCUT2D eigenvalue weighted by atomic mass is 16.3. The van der Waals surface area contributed by atoms with Crippen LogP contribution in [0.5, 0.6) is 0 Å². The lowest BCUT2D eigenvalue weighted by Crippen LogP contribution is -2.39. The molecule has 39 heavy (non-hydrogen) atoms. The average Bonchev–Trinajstić information content (AvgIpc) is 3.32. The molecule has 1 saturated carbocycles. The molecule has 1 amide bonds. The Morgan fingerprint density at radius 3 is 2.56 bits per heavy atom. The number of carbonyl (C=O) groups is 1. The lowest BCUT2D eigenvalue weighted by Gasteiger charge is -2.32. The fourth-order valence-corrected chi connectivity index (χ4v) is 4.79. The Morgan fingerprint density at radius 1 is 1.10 bits per heavy atom. The second-order valence-electron chi connectivity index (χ2n) is 10.2. The van der Waals surface area contributed by atoms with Crippen LogP contribution in [0.15, 0.2) is 71.9 Å². The van der Waals surface area contributed by atoms with Crippen molar-refractivity contribution in [2.75, 3.05) is 49.8 Å². The number of nitrogens with one attached hydrogen (secondary N) is 2. The standard InChI is InChI=1S/C30H34N6O3/c1-5-25(38)34-23-15-20(11-12-24(23)36(4)14-13-35(2)3)26-27-29(33-21-16-22(37)17-21)31-18-32-30(27)39-28(26)19-9-7-6-8-10-19/h5-12,15,18,21-22,37H,1,13-14,16-17H2,2-4H3,(H,34,38)(H,31,32,33). The number of hydrogen-bond donors (Lipinski definition) is 3. The number of benzene rings is 2. The Hall–Kier alpha value is -4.21. The normalized spacial score (nSPS) is 16.6. The van der Waals surface area contributed by atoms with Gasteiger partial charge in [0.05, 0.1) is 22.9 Å². The Bertz CT molecular complexity index is 1480. The number of nitrogens with zero attached hydrogens (tertiary/aromatic N) is 4. The molecule has 0 saturated heterocycles. The number of hydrogen-bond acceptors (Lipinski definition) is 8. The fraction of sp³-hybridized carbons (Fsp3) is 0.300. The van der Waals surface area contributed by atoms with Crippen LogP contribution in [0.2, 0.25) is 0 Å². The molecule has 3 N–H and O–H groups in total. The first-order valence-electron chi connectivity index (χ1n) is 13.0. The van der Waals surface area contributed by atoms with E-state index in [9.17, 15) is 9.90 Å². The summed E-state index contributed by atoms with van der Waals surface area (Å²) in [6.07, 6.45) is 3.78. The van der Waals surface area contributed by atoms with Crippen LogP contribution < -0.4 is 15.5 Å². The number of aliphatic hydroxyl groups excluding tert-OH is 1. The minimum absolute atomic E-state index is 0.121. The minimum atomic E-state index is -0.295. The number of anilines is 3. The van der Waals surface area contributed by atoms with Gasteiger partial charge in [0.15, 0.2) is 0 Å². The maximum atomic E-state index is 12.4. The summed E-state index contributed by atoms with van der Waals surface area (Å²) < 4.78 is 6.36. The molecular weight excluding hydrogens is 492 g/mol. The Balaban J connectivity index is 1.67. The average molecular weight is 527 g/mol. The summed E-state index contributed by atoms with van der Waals surface area (Å²) in [7, 11) is 6.07. The zero-order chi connectivity index (χ0) is 27.5. The number of furan rings is 1. The van der Waals surface area contributed by atoms with E-state index in [2.05, 4.69) is 37.0 Å². The highest BCUT2D eigenvalue weighted by molar-refractivity contribution is 6.08. The van der Waals surface area contributed by atoms with Crippen LogP contribution in [0.25, 0.3) is 33.6 Å². The molecule has 9 heteroatoms. The smallest absolute Gasteiger partial charge is 0.247 e. The summed E-state index contributed by atoms with van der Waals surface area (Å²) >= 11 is 0. The van der Waals surface area contributed by atoms with Crippen molar-refractivity contribution in [3.63, 3.8) is 0 Å². The van der Waals surface area contributed by atoms with E-state index in [4.69, 9.17) is 4.42 Å². The van der Waals surface area contributed by atoms with E-state index in [0.29, 0.717) is 35.8 Å². The molecule has 202 valence electrons. The number of carbonyl (C=O) groups excluding carboxylic acids is 1. The molecule has 0 aliphatic heterocycles. The zero-order valence-electron chi connectivity index (χ0n) is 22.5. The van der Waals surface area contributed by atoms with Crippen LogP contribution in [-0.4, -0.2) is 72.3 Å². The van der Waals surface area contributed by atoms with Gasteiger partial charge in [-0.15, -0.1) is 0 Å². The third-order valence-corrected chi connectivity index (χ3v) is 7.00. The summed E-state index contributed by atoms with van der Waals surface area (Å²) in [5, 5.41) is 17.0. The number of likely N-dealkylation sites (N-methyl/N-ethyl adjacent to an activating group) is 2. The first kappa shape index (κ1) is 26.4. The first-order valence-corrected chi connectivity index (χ1v) is 13.0. The summed E-state index contributed by atoms with van der Waals surface area (Å²) in [5.41, 5.74) is 4.60. The third-order valence-electron chi connectivity index (χ3n) is 7.00. The lowest BCUT2D eigenvalue weighted by molar-refractivity contribution is -0.111. The van der Waals surface area contributed by atoms with Crippen molar-refractivity contribution in [1.29, 1.82) is 0 Å². The molecule has 1 fully saturated rings. The summed E-state index contributed by atoms with van der Waals surface area (Å²) in [6, 6.07) is 16.0. The van der Waals surface area contributed by atoms with E-state index < -0.39 is 0 Å². The van der Waals surface area contributed by atoms with E-state index in [1.807, 2.05) is 69.7 Å². The van der Waals surface area contributed by atoms with Gasteiger partial charge in [-0.1, -0.05) is 43.0 Å². The van der Waals surface area contributed by atoms with Crippen molar-refractivity contribution >= 4 is 34.2 Å². The number of aliphatic hydroxyl groups is 1. The highest BCUT2D eigenvalue weighted by Crippen LogP contribution is 2.44. The van der Waals surface area contributed by atoms with Crippen molar-refractivity contribution in [3.05, 3.63) is 67.5 Å². The van der Waals surface area contributed by atoms with Gasteiger partial charge in [-0.3, -0.25) is 4.79 Å². The predicted octanol–water partition coefficient (Wildman–Crippen LogP) is 4.61. The van der Waals surface area contributed by atoms with Gasteiger partial charge < -0.3 is 30.0 Å². The zero-order valence-corrected chi connectivity index (χ0v) is 22.5. The topological polar surface area (TPSA) is 107 Å². The highest BCUT2D eigenvalue weighted by Gasteiger charge is 2.30. The molecule has 0 atom stereocenters. The number of fused-ring (bicyclic) bond motifs is 1. The van der Waals surface area contributed by atoms with Crippen LogP contribution in [0.3, 0.4) is 0 Å². The molecule has 4 aromatic rings. The molecule has 0 spiro atoms. The van der Waals surface area contributed by atoms with E-state index in [0.717, 1.165) is 40.9 Å². The lowest BCUT2D eigenvalue weighted by atomic mass is 9.89. The molecule has 0 radical (unpaired) electrons. The molecular formula is C30H34N6O3. The van der Waals surface area contributed by atoms with Crippen LogP contribution in [0.1, 0.15) is 12.8 Å². The summed E-state index contributed by atoms with van der Waals surface area (Å²) in [5.74, 6) is 1.03. The van der Waals surface area contributed by atoms with Gasteiger partial charge in [0.25, 0.3) is 0 Å². The monoisotopic (exact) mass is 526 g/mol. The third kappa shape index (κ3) is 5.64. The SMILES string of the molecule is C=CC(=O)Nc1cc(-c2c(-c3ccccc3)oc3ncnc(NC4CC(O)C4)c23)ccc1N(C)CCN(C)C. The minimum Gasteiger partial charge on any atom is -0.437 e. The number of rotatable bonds is 10. The van der Waals surface area contributed by atoms with Crippen molar-refractivity contribution in [3.8, 4) is 22.5 Å². The van der Waals surface area contributed by atoms with Crippen molar-refractivity contribution in [1.82, 2.24) is 14.9 Å². The largest absolute Gasteiger partial charge is 0.437 e. The summed E-state index contributed by atoms with van der Waals surface area (Å²) in [4.78, 5) is 25.7. The Labute approximate surface area is 228 Å². The van der Waals surface area contributed by atoms with Gasteiger partial charge in [-0.05, 0) is 50.7 Å². The van der Waals surface area contributed by atoms with E-state index in [1.54, 1.807) is 0 Å². The van der Waals surface area contributed by atoms with Gasteiger partial charge in [0.1, 0.15) is 17.9 Å². The van der Waals surface area contributed by atoms with Gasteiger partial charge in [0.2, 0.25) is 11.6 Å². The maximum Gasteiger partial charge on any atom is 0.247 e. The van der Waals surface area contributed by atoms with Gasteiger partial charge in [-0.2, -0.15) is 0 Å². The molecule has 1 aliphatic carbocycles. The van der Waals surface area contributed by atoms with E-state index in [1.165, 1.54) is 12.4 Å². The first-order chi connectivity index (χ1) is 18.8. The predicted molar refractivity (Wildman–Crippen MR) is 156 cm³/mol. The van der Waals surface area contributed by atoms with Crippen molar-refractivity contribution < 1.29 is 14.3 Å².